The number of hydrogen-bond acceptors (Lipinski definition) is 2. The van der Waals surface area contributed by atoms with Crippen LogP contribution in [0.15, 0.2) is 58.3 Å². The van der Waals surface area contributed by atoms with Crippen LogP contribution >= 0.6 is 25.3 Å². The van der Waals surface area contributed by atoms with E-state index in [1.54, 1.807) is 0 Å². The third kappa shape index (κ3) is 5.59. The number of benzene rings is 2. The van der Waals surface area contributed by atoms with Crippen molar-refractivity contribution in [2.24, 2.45) is 0 Å². The van der Waals surface area contributed by atoms with Crippen molar-refractivity contribution in [2.75, 3.05) is 0 Å². The molecule has 0 unspecified atom stereocenters. The molecule has 0 spiro atoms. The molecule has 0 bridgehead atoms. The summed E-state index contributed by atoms with van der Waals surface area (Å²) in [6.45, 7) is 0. The van der Waals surface area contributed by atoms with Crippen LogP contribution in [0.3, 0.4) is 0 Å². The minimum atomic E-state index is 0. The molecule has 0 saturated heterocycles. The van der Waals surface area contributed by atoms with Gasteiger partial charge < -0.3 is 0 Å². The van der Waals surface area contributed by atoms with Gasteiger partial charge in [0.15, 0.2) is 0 Å². The maximum absolute atomic E-state index is 4.25. The molecule has 0 radical (unpaired) electrons. The van der Waals surface area contributed by atoms with Crippen LogP contribution in [0.1, 0.15) is 0 Å². The first-order valence-corrected chi connectivity index (χ1v) is 5.23. The van der Waals surface area contributed by atoms with Crippen LogP contribution in [0, 0.1) is 0 Å². The fourth-order valence-corrected chi connectivity index (χ4v) is 1.61. The summed E-state index contributed by atoms with van der Waals surface area (Å²) in [7, 11) is 0. The Hall–Kier alpha value is 2.41. The monoisotopic (exact) mass is 298 g/mol. The second kappa shape index (κ2) is 9.34. The Bertz CT molecular complexity index is 380. The summed E-state index contributed by atoms with van der Waals surface area (Å²) in [6, 6.07) is 16.2. The number of hydrogen-bond donors (Lipinski definition) is 2. The summed E-state index contributed by atoms with van der Waals surface area (Å²) in [5, 5.41) is 0. The average molecular weight is 299 g/mol. The van der Waals surface area contributed by atoms with E-state index in [0.29, 0.717) is 0 Å². The van der Waals surface area contributed by atoms with Crippen molar-refractivity contribution in [1.82, 2.24) is 0 Å². The molecule has 0 aliphatic rings. The summed E-state index contributed by atoms with van der Waals surface area (Å²) in [6.07, 6.45) is 0. The summed E-state index contributed by atoms with van der Waals surface area (Å²) < 4.78 is 0. The van der Waals surface area contributed by atoms with Crippen molar-refractivity contribution in [1.29, 1.82) is 0 Å². The second-order valence-corrected chi connectivity index (χ2v) is 4.13. The molecule has 0 aromatic heterocycles. The van der Waals surface area contributed by atoms with E-state index in [1.165, 1.54) is 11.1 Å². The first-order valence-electron chi connectivity index (χ1n) is 4.34. The molecule has 0 saturated carbocycles. The zero-order valence-corrected chi connectivity index (χ0v) is 9.30. The first kappa shape index (κ1) is 18.4. The summed E-state index contributed by atoms with van der Waals surface area (Å²) in [4.78, 5) is 1.97. The van der Waals surface area contributed by atoms with Gasteiger partial charge in [-0.2, -0.15) is 0 Å². The van der Waals surface area contributed by atoms with Crippen molar-refractivity contribution in [3.05, 3.63) is 48.5 Å². The molecule has 74 valence electrons. The predicted octanol–water partition coefficient (Wildman–Crippen LogP) is 2.63. The van der Waals surface area contributed by atoms with E-state index < -0.39 is 0 Å². The Morgan fingerprint density at radius 2 is 0.750 bits per heavy atom. The molecule has 2 aromatic carbocycles. The SMILES string of the molecule is Sc1ccc(-c2ccc(S)cc2)cc1.[KH].[KH]. The van der Waals surface area contributed by atoms with Crippen molar-refractivity contribution in [3.8, 4) is 11.1 Å². The van der Waals surface area contributed by atoms with E-state index in [0.717, 1.165) is 9.79 Å². The van der Waals surface area contributed by atoms with Crippen molar-refractivity contribution >= 4 is 128 Å². The van der Waals surface area contributed by atoms with Crippen molar-refractivity contribution < 1.29 is 0 Å². The summed E-state index contributed by atoms with van der Waals surface area (Å²) >= 11 is 8.50. The predicted molar refractivity (Wildman–Crippen MR) is 80.7 cm³/mol. The zero-order valence-electron chi connectivity index (χ0n) is 7.51. The number of thiol groups is 2. The van der Waals surface area contributed by atoms with Gasteiger partial charge in [-0.3, -0.25) is 0 Å². The molecular weight excluding hydrogens is 286 g/mol. The molecule has 0 aliphatic carbocycles. The van der Waals surface area contributed by atoms with Gasteiger partial charge in [-0.15, -0.1) is 25.3 Å². The Balaban J connectivity index is 0.00000112. The molecule has 0 heterocycles. The van der Waals surface area contributed by atoms with Gasteiger partial charge in [0.25, 0.3) is 0 Å². The van der Waals surface area contributed by atoms with Crippen LogP contribution in [-0.2, 0) is 0 Å². The topological polar surface area (TPSA) is 0 Å². The van der Waals surface area contributed by atoms with Crippen LogP contribution in [0.4, 0.5) is 0 Å². The van der Waals surface area contributed by atoms with Crippen molar-refractivity contribution in [2.45, 2.75) is 9.79 Å². The standard InChI is InChI=1S/C12H10S2.2K.2H/c13-11-5-1-9(2-6-11)10-3-7-12(14)8-4-10;;;;/h1-8,13-14H;;;;. The fraction of sp³-hybridized carbons (Fsp3) is 0. The van der Waals surface area contributed by atoms with E-state index >= 15 is 0 Å². The van der Waals surface area contributed by atoms with Gasteiger partial charge in [-0.25, -0.2) is 0 Å². The van der Waals surface area contributed by atoms with Crippen LogP contribution in [-0.4, -0.2) is 103 Å². The summed E-state index contributed by atoms with van der Waals surface area (Å²) in [5.41, 5.74) is 2.41. The Morgan fingerprint density at radius 1 is 0.500 bits per heavy atom. The van der Waals surface area contributed by atoms with Gasteiger partial charge in [0.05, 0.1) is 0 Å². The van der Waals surface area contributed by atoms with Gasteiger partial charge in [-0.05, 0) is 35.4 Å². The van der Waals surface area contributed by atoms with Gasteiger partial charge in [0.1, 0.15) is 0 Å². The molecule has 0 aliphatic heterocycles. The average Bonchev–Trinajstić information content (AvgIpc) is 2.21. The van der Waals surface area contributed by atoms with Gasteiger partial charge in [-0.1, -0.05) is 24.3 Å². The quantitative estimate of drug-likeness (QED) is 0.587. The third-order valence-electron chi connectivity index (χ3n) is 2.07. The van der Waals surface area contributed by atoms with Gasteiger partial charge in [0, 0.05) is 9.79 Å². The Kier molecular flexibility index (Phi) is 10.7. The van der Waals surface area contributed by atoms with E-state index in [2.05, 4.69) is 49.5 Å². The Labute approximate surface area is 193 Å². The molecule has 4 heteroatoms. The fourth-order valence-electron chi connectivity index (χ4n) is 1.31. The third-order valence-corrected chi connectivity index (χ3v) is 2.66. The van der Waals surface area contributed by atoms with E-state index in [1.807, 2.05) is 24.3 Å². The van der Waals surface area contributed by atoms with E-state index in [4.69, 9.17) is 0 Å². The normalized spacial score (nSPS) is 8.88. The van der Waals surface area contributed by atoms with Crippen molar-refractivity contribution in [3.63, 3.8) is 0 Å². The van der Waals surface area contributed by atoms with Crippen LogP contribution in [0.2, 0.25) is 0 Å². The molecule has 0 atom stereocenters. The molecule has 0 fully saturated rings. The second-order valence-electron chi connectivity index (χ2n) is 3.09. The number of rotatable bonds is 1. The molecule has 0 amide bonds. The maximum atomic E-state index is 4.25. The minimum absolute atomic E-state index is 0. The first-order chi connectivity index (χ1) is 6.75. The molecule has 0 N–H and O–H groups in total. The van der Waals surface area contributed by atoms with Crippen LogP contribution in [0.25, 0.3) is 11.1 Å². The molecule has 0 nitrogen and oxygen atoms in total. The van der Waals surface area contributed by atoms with Gasteiger partial charge >= 0.3 is 103 Å². The van der Waals surface area contributed by atoms with Gasteiger partial charge in [0.2, 0.25) is 0 Å². The van der Waals surface area contributed by atoms with Crippen LogP contribution < -0.4 is 0 Å². The zero-order chi connectivity index (χ0) is 9.97. The molecule has 2 rings (SSSR count). The van der Waals surface area contributed by atoms with Crippen LogP contribution in [0.5, 0.6) is 0 Å². The Morgan fingerprint density at radius 3 is 1.00 bits per heavy atom. The summed E-state index contributed by atoms with van der Waals surface area (Å²) in [5.74, 6) is 0. The van der Waals surface area contributed by atoms with E-state index in [9.17, 15) is 0 Å². The van der Waals surface area contributed by atoms with E-state index in [-0.39, 0.29) is 103 Å². The molecular formula is C12H12K2S2. The molecule has 16 heavy (non-hydrogen) atoms. The molecule has 2 aromatic rings.